The average molecular weight is 340 g/mol. The van der Waals surface area contributed by atoms with E-state index in [0.717, 1.165) is 53.8 Å². The number of amides is 2. The second-order valence-electron chi connectivity index (χ2n) is 6.58. The highest BCUT2D eigenvalue weighted by Gasteiger charge is 2.13. The van der Waals surface area contributed by atoms with E-state index in [0.29, 0.717) is 13.1 Å². The molecule has 132 valence electrons. The third-order valence-corrected chi connectivity index (χ3v) is 4.51. The Morgan fingerprint density at radius 1 is 1.20 bits per heavy atom. The number of carbonyl (C=O) groups excluding carboxylic acids is 1. The van der Waals surface area contributed by atoms with E-state index in [9.17, 15) is 9.59 Å². The van der Waals surface area contributed by atoms with E-state index in [1.165, 1.54) is 4.68 Å². The Balaban J connectivity index is 1.56. The number of urea groups is 1. The predicted molar refractivity (Wildman–Crippen MR) is 98.1 cm³/mol. The maximum Gasteiger partial charge on any atom is 0.319 e. The minimum atomic E-state index is -0.280. The van der Waals surface area contributed by atoms with Gasteiger partial charge in [-0.05, 0) is 56.7 Å². The first kappa shape index (κ1) is 17.2. The van der Waals surface area contributed by atoms with E-state index in [2.05, 4.69) is 15.7 Å². The molecule has 0 unspecified atom stereocenters. The first-order chi connectivity index (χ1) is 12.0. The van der Waals surface area contributed by atoms with Crippen LogP contribution in [0.4, 0.5) is 10.5 Å². The Morgan fingerprint density at radius 3 is 2.80 bits per heavy atom. The molecule has 0 fully saturated rings. The van der Waals surface area contributed by atoms with Crippen molar-refractivity contribution in [1.29, 1.82) is 0 Å². The van der Waals surface area contributed by atoms with E-state index < -0.39 is 0 Å². The van der Waals surface area contributed by atoms with Crippen LogP contribution in [0.25, 0.3) is 0 Å². The zero-order valence-corrected chi connectivity index (χ0v) is 14.8. The zero-order valence-electron chi connectivity index (χ0n) is 14.8. The van der Waals surface area contributed by atoms with Gasteiger partial charge in [0.2, 0.25) is 0 Å². The fourth-order valence-electron chi connectivity index (χ4n) is 3.16. The van der Waals surface area contributed by atoms with Crippen LogP contribution in [0.2, 0.25) is 0 Å². The van der Waals surface area contributed by atoms with Crippen molar-refractivity contribution in [2.24, 2.45) is 0 Å². The topological polar surface area (TPSA) is 76.0 Å². The van der Waals surface area contributed by atoms with Crippen LogP contribution in [0.1, 0.15) is 35.2 Å². The Bertz CT molecular complexity index is 842. The Hall–Kier alpha value is -2.63. The number of benzene rings is 1. The van der Waals surface area contributed by atoms with Crippen molar-refractivity contribution in [2.45, 2.75) is 46.1 Å². The Morgan fingerprint density at radius 2 is 2.00 bits per heavy atom. The van der Waals surface area contributed by atoms with Crippen LogP contribution in [0.15, 0.2) is 29.1 Å². The van der Waals surface area contributed by atoms with E-state index in [1.807, 2.05) is 32.0 Å². The highest BCUT2D eigenvalue weighted by Crippen LogP contribution is 2.17. The third-order valence-electron chi connectivity index (χ3n) is 4.51. The quantitative estimate of drug-likeness (QED) is 0.898. The standard InChI is InChI=1S/C19H24N4O2/c1-13-7-8-16(14(2)11-13)21-19(25)20-9-10-23-18(24)12-15-5-3-4-6-17(15)22-23/h7-8,11-12H,3-6,9-10H2,1-2H3,(H2,20,21,25). The van der Waals surface area contributed by atoms with Crippen molar-refractivity contribution >= 4 is 11.7 Å². The molecule has 1 aromatic carbocycles. The van der Waals surface area contributed by atoms with Crippen LogP contribution in [-0.4, -0.2) is 22.4 Å². The molecule has 0 aliphatic heterocycles. The van der Waals surface area contributed by atoms with Crippen LogP contribution in [0, 0.1) is 13.8 Å². The van der Waals surface area contributed by atoms with Crippen LogP contribution in [0.5, 0.6) is 0 Å². The van der Waals surface area contributed by atoms with Crippen molar-refractivity contribution in [3.8, 4) is 0 Å². The summed E-state index contributed by atoms with van der Waals surface area (Å²) in [7, 11) is 0. The molecule has 0 radical (unpaired) electrons. The number of carbonyl (C=O) groups is 1. The summed E-state index contributed by atoms with van der Waals surface area (Å²) >= 11 is 0. The lowest BCUT2D eigenvalue weighted by molar-refractivity contribution is 0.251. The number of aryl methyl sites for hydroxylation is 4. The predicted octanol–water partition coefficient (Wildman–Crippen LogP) is 2.56. The van der Waals surface area contributed by atoms with Gasteiger partial charge in [-0.3, -0.25) is 4.79 Å². The largest absolute Gasteiger partial charge is 0.336 e. The van der Waals surface area contributed by atoms with Gasteiger partial charge in [-0.25, -0.2) is 9.48 Å². The van der Waals surface area contributed by atoms with Gasteiger partial charge < -0.3 is 10.6 Å². The van der Waals surface area contributed by atoms with Gasteiger partial charge in [0.15, 0.2) is 0 Å². The van der Waals surface area contributed by atoms with Gasteiger partial charge >= 0.3 is 6.03 Å². The van der Waals surface area contributed by atoms with Gasteiger partial charge in [-0.1, -0.05) is 17.7 Å². The highest BCUT2D eigenvalue weighted by atomic mass is 16.2. The molecule has 1 heterocycles. The Kier molecular flexibility index (Phi) is 5.16. The first-order valence-electron chi connectivity index (χ1n) is 8.75. The molecule has 0 spiro atoms. The van der Waals surface area contributed by atoms with Crippen molar-refractivity contribution in [1.82, 2.24) is 15.1 Å². The lowest BCUT2D eigenvalue weighted by atomic mass is 9.97. The number of rotatable bonds is 4. The summed E-state index contributed by atoms with van der Waals surface area (Å²) in [5, 5.41) is 10.1. The smallest absolute Gasteiger partial charge is 0.319 e. The van der Waals surface area contributed by atoms with Gasteiger partial charge in [-0.2, -0.15) is 5.10 Å². The van der Waals surface area contributed by atoms with Crippen LogP contribution in [-0.2, 0) is 19.4 Å². The molecule has 25 heavy (non-hydrogen) atoms. The minimum Gasteiger partial charge on any atom is -0.336 e. The summed E-state index contributed by atoms with van der Waals surface area (Å²) in [6, 6.07) is 7.28. The van der Waals surface area contributed by atoms with Crippen LogP contribution < -0.4 is 16.2 Å². The van der Waals surface area contributed by atoms with Gasteiger partial charge in [0.25, 0.3) is 5.56 Å². The molecule has 0 atom stereocenters. The summed E-state index contributed by atoms with van der Waals surface area (Å²) in [5.41, 5.74) is 4.95. The number of hydrogen-bond donors (Lipinski definition) is 2. The van der Waals surface area contributed by atoms with Gasteiger partial charge in [0.05, 0.1) is 12.2 Å². The summed E-state index contributed by atoms with van der Waals surface area (Å²) in [6.45, 7) is 4.69. The molecule has 2 aromatic rings. The van der Waals surface area contributed by atoms with E-state index in [1.54, 1.807) is 6.07 Å². The molecule has 2 amide bonds. The fraction of sp³-hybridized carbons (Fsp3) is 0.421. The summed E-state index contributed by atoms with van der Waals surface area (Å²) < 4.78 is 1.45. The molecule has 0 saturated heterocycles. The molecule has 0 saturated carbocycles. The summed E-state index contributed by atoms with van der Waals surface area (Å²) in [4.78, 5) is 24.1. The zero-order chi connectivity index (χ0) is 17.8. The maximum absolute atomic E-state index is 12.1. The number of nitrogens with one attached hydrogen (secondary N) is 2. The second-order valence-corrected chi connectivity index (χ2v) is 6.58. The van der Waals surface area contributed by atoms with E-state index >= 15 is 0 Å². The molecule has 0 bridgehead atoms. The van der Waals surface area contributed by atoms with E-state index in [4.69, 9.17) is 0 Å². The second kappa shape index (κ2) is 7.51. The molecule has 1 aromatic heterocycles. The Labute approximate surface area is 147 Å². The molecular weight excluding hydrogens is 316 g/mol. The molecule has 6 nitrogen and oxygen atoms in total. The SMILES string of the molecule is Cc1ccc(NC(=O)NCCn2nc3c(cc2=O)CCCC3)c(C)c1. The van der Waals surface area contributed by atoms with Crippen molar-refractivity contribution in [3.05, 3.63) is 57.0 Å². The highest BCUT2D eigenvalue weighted by molar-refractivity contribution is 5.90. The number of fused-ring (bicyclic) bond motifs is 1. The van der Waals surface area contributed by atoms with Gasteiger partial charge in [0.1, 0.15) is 0 Å². The fourth-order valence-corrected chi connectivity index (χ4v) is 3.16. The van der Waals surface area contributed by atoms with Gasteiger partial charge in [0, 0.05) is 18.3 Å². The third kappa shape index (κ3) is 4.26. The molecule has 1 aliphatic carbocycles. The van der Waals surface area contributed by atoms with Crippen LogP contribution in [0.3, 0.4) is 0 Å². The van der Waals surface area contributed by atoms with Crippen LogP contribution >= 0.6 is 0 Å². The number of aromatic nitrogens is 2. The first-order valence-corrected chi connectivity index (χ1v) is 8.75. The van der Waals surface area contributed by atoms with Crippen molar-refractivity contribution in [3.63, 3.8) is 0 Å². The molecule has 1 aliphatic rings. The normalized spacial score (nSPS) is 13.2. The van der Waals surface area contributed by atoms with Gasteiger partial charge in [-0.15, -0.1) is 0 Å². The monoisotopic (exact) mass is 340 g/mol. The van der Waals surface area contributed by atoms with Crippen molar-refractivity contribution in [2.75, 3.05) is 11.9 Å². The number of anilines is 1. The summed E-state index contributed by atoms with van der Waals surface area (Å²) in [5.74, 6) is 0. The lowest BCUT2D eigenvalue weighted by Crippen LogP contribution is -2.35. The van der Waals surface area contributed by atoms with Crippen molar-refractivity contribution < 1.29 is 4.79 Å². The minimum absolute atomic E-state index is 0.0998. The number of nitrogens with zero attached hydrogens (tertiary/aromatic N) is 2. The maximum atomic E-state index is 12.1. The average Bonchev–Trinajstić information content (AvgIpc) is 2.58. The molecular formula is C19H24N4O2. The van der Waals surface area contributed by atoms with E-state index in [-0.39, 0.29) is 11.6 Å². The molecule has 2 N–H and O–H groups in total. The lowest BCUT2D eigenvalue weighted by Gasteiger charge is -2.16. The summed E-state index contributed by atoms with van der Waals surface area (Å²) in [6.07, 6.45) is 4.11. The molecule has 3 rings (SSSR count). The number of hydrogen-bond acceptors (Lipinski definition) is 3. The molecule has 6 heteroatoms.